The van der Waals surface area contributed by atoms with Crippen LogP contribution in [0.5, 0.6) is 5.75 Å². The molecule has 0 atom stereocenters. The van der Waals surface area contributed by atoms with Crippen LogP contribution in [0.3, 0.4) is 0 Å². The third kappa shape index (κ3) is 4.93. The molecule has 33 heavy (non-hydrogen) atoms. The molecular weight excluding hydrogens is 420 g/mol. The van der Waals surface area contributed by atoms with E-state index in [4.69, 9.17) is 9.15 Å². The van der Waals surface area contributed by atoms with Crippen LogP contribution >= 0.6 is 0 Å². The van der Waals surface area contributed by atoms with Crippen molar-refractivity contribution in [2.45, 2.75) is 13.3 Å². The van der Waals surface area contributed by atoms with E-state index in [1.165, 1.54) is 6.21 Å². The average molecular weight is 442 g/mol. The van der Waals surface area contributed by atoms with E-state index in [1.54, 1.807) is 42.5 Å². The van der Waals surface area contributed by atoms with Gasteiger partial charge in [-0.2, -0.15) is 0 Å². The maximum Gasteiger partial charge on any atom is 0.349 e. The first kappa shape index (κ1) is 21.8. The van der Waals surface area contributed by atoms with Gasteiger partial charge in [0.2, 0.25) is 0 Å². The van der Waals surface area contributed by atoms with Crippen molar-refractivity contribution in [1.29, 1.82) is 0 Å². The summed E-state index contributed by atoms with van der Waals surface area (Å²) in [6.45, 7) is 2.28. The molecule has 0 saturated carbocycles. The number of aliphatic imine (C=N–C) groups is 1. The Bertz CT molecular complexity index is 1360. The van der Waals surface area contributed by atoms with E-state index >= 15 is 0 Å². The summed E-state index contributed by atoms with van der Waals surface area (Å²) in [7, 11) is 0. The minimum Gasteiger partial charge on any atom is -0.506 e. The van der Waals surface area contributed by atoms with E-state index in [9.17, 15) is 14.7 Å². The number of ether oxygens (including phenoxy) is 1. The minimum atomic E-state index is -0.717. The van der Waals surface area contributed by atoms with Crippen LogP contribution in [-0.4, -0.2) is 23.9 Å². The Morgan fingerprint density at radius 1 is 1.06 bits per heavy atom. The molecule has 0 unspecified atom stereocenters. The summed E-state index contributed by atoms with van der Waals surface area (Å²) in [4.78, 5) is 28.8. The zero-order valence-corrected chi connectivity index (χ0v) is 17.9. The van der Waals surface area contributed by atoms with Gasteiger partial charge in [0, 0.05) is 11.9 Å². The van der Waals surface area contributed by atoms with Gasteiger partial charge in [0.25, 0.3) is 0 Å². The molecule has 4 aromatic rings. The molecule has 7 nitrogen and oxygen atoms in total. The monoisotopic (exact) mass is 442 g/mol. The van der Waals surface area contributed by atoms with Gasteiger partial charge >= 0.3 is 11.6 Å². The number of nitrogens with one attached hydrogen (secondary N) is 1. The van der Waals surface area contributed by atoms with Gasteiger partial charge in [-0.15, -0.1) is 0 Å². The standard InChI is InChI=1S/C26H22N2O5/c1-2-15-32-25(30)17-11-13-18(14-12-17)27-16-21-23(29)20-9-6-10-22(24(20)33-26(21)31)28-19-7-4-3-5-8-19/h3-14,16,28-29H,2,15H2,1H3. The number of hydrogen-bond donors (Lipinski definition) is 2. The summed E-state index contributed by atoms with van der Waals surface area (Å²) in [6, 6.07) is 21.1. The third-order valence-electron chi connectivity index (χ3n) is 4.88. The fraction of sp³-hybridized carbons (Fsp3) is 0.115. The Kier molecular flexibility index (Phi) is 6.50. The number of hydrogen-bond acceptors (Lipinski definition) is 7. The van der Waals surface area contributed by atoms with E-state index < -0.39 is 11.6 Å². The van der Waals surface area contributed by atoms with Crippen molar-refractivity contribution in [2.75, 3.05) is 11.9 Å². The van der Waals surface area contributed by atoms with Gasteiger partial charge in [-0.1, -0.05) is 31.2 Å². The number of para-hydroxylation sites is 2. The van der Waals surface area contributed by atoms with E-state index in [-0.39, 0.29) is 16.9 Å². The molecule has 2 N–H and O–H groups in total. The van der Waals surface area contributed by atoms with Gasteiger partial charge in [-0.3, -0.25) is 4.99 Å². The van der Waals surface area contributed by atoms with Gasteiger partial charge in [0.15, 0.2) is 5.58 Å². The quantitative estimate of drug-likeness (QED) is 0.221. The van der Waals surface area contributed by atoms with Gasteiger partial charge in [0.05, 0.1) is 28.9 Å². The molecule has 1 aromatic heterocycles. The number of benzene rings is 3. The van der Waals surface area contributed by atoms with Gasteiger partial charge in [-0.25, -0.2) is 9.59 Å². The fourth-order valence-corrected chi connectivity index (χ4v) is 3.21. The Balaban J connectivity index is 1.62. The van der Waals surface area contributed by atoms with Gasteiger partial charge in [0.1, 0.15) is 11.3 Å². The summed E-state index contributed by atoms with van der Waals surface area (Å²) in [5, 5.41) is 14.3. The lowest BCUT2D eigenvalue weighted by atomic mass is 10.1. The first-order chi connectivity index (χ1) is 16.1. The van der Waals surface area contributed by atoms with Gasteiger partial charge in [-0.05, 0) is 55.0 Å². The molecule has 7 heteroatoms. The van der Waals surface area contributed by atoms with Crippen molar-refractivity contribution in [3.8, 4) is 5.75 Å². The highest BCUT2D eigenvalue weighted by Crippen LogP contribution is 2.32. The van der Waals surface area contributed by atoms with Crippen molar-refractivity contribution in [2.24, 2.45) is 4.99 Å². The van der Waals surface area contributed by atoms with Crippen LogP contribution in [0.1, 0.15) is 29.3 Å². The second kappa shape index (κ2) is 9.82. The van der Waals surface area contributed by atoms with Crippen LogP contribution in [0.15, 0.2) is 87.0 Å². The molecule has 0 bridgehead atoms. The highest BCUT2D eigenvalue weighted by molar-refractivity contribution is 5.99. The van der Waals surface area contributed by atoms with Crippen LogP contribution < -0.4 is 10.9 Å². The van der Waals surface area contributed by atoms with Gasteiger partial charge < -0.3 is 19.6 Å². The van der Waals surface area contributed by atoms with Crippen LogP contribution in [0.4, 0.5) is 17.1 Å². The van der Waals surface area contributed by atoms with E-state index in [0.29, 0.717) is 28.9 Å². The Morgan fingerprint density at radius 3 is 2.55 bits per heavy atom. The molecule has 1 heterocycles. The lowest BCUT2D eigenvalue weighted by molar-refractivity contribution is 0.0505. The average Bonchev–Trinajstić information content (AvgIpc) is 2.84. The molecule has 0 aliphatic rings. The Labute approximate surface area is 190 Å². The molecule has 0 radical (unpaired) electrons. The molecule has 0 fully saturated rings. The zero-order chi connectivity index (χ0) is 23.2. The van der Waals surface area contributed by atoms with Crippen LogP contribution in [0.25, 0.3) is 11.0 Å². The number of carbonyl (C=O) groups excluding carboxylic acids is 1. The first-order valence-electron chi connectivity index (χ1n) is 10.5. The normalized spacial score (nSPS) is 11.1. The van der Waals surface area contributed by atoms with Crippen molar-refractivity contribution < 1.29 is 19.1 Å². The number of anilines is 2. The minimum absolute atomic E-state index is 0.0641. The van der Waals surface area contributed by atoms with E-state index in [0.717, 1.165) is 12.1 Å². The molecular formula is C26H22N2O5. The van der Waals surface area contributed by atoms with E-state index in [1.807, 2.05) is 37.3 Å². The summed E-state index contributed by atoms with van der Waals surface area (Å²) in [5.74, 6) is -0.624. The first-order valence-corrected chi connectivity index (χ1v) is 10.5. The third-order valence-corrected chi connectivity index (χ3v) is 4.88. The summed E-state index contributed by atoms with van der Waals surface area (Å²) < 4.78 is 10.6. The smallest absolute Gasteiger partial charge is 0.349 e. The maximum absolute atomic E-state index is 12.6. The summed E-state index contributed by atoms with van der Waals surface area (Å²) >= 11 is 0. The van der Waals surface area contributed by atoms with Crippen LogP contribution in [-0.2, 0) is 4.74 Å². The maximum atomic E-state index is 12.6. The molecule has 4 rings (SSSR count). The predicted molar refractivity (Wildman–Crippen MR) is 128 cm³/mol. The van der Waals surface area contributed by atoms with Crippen molar-refractivity contribution >= 4 is 40.2 Å². The van der Waals surface area contributed by atoms with Crippen molar-refractivity contribution in [1.82, 2.24) is 0 Å². The van der Waals surface area contributed by atoms with E-state index in [2.05, 4.69) is 10.3 Å². The largest absolute Gasteiger partial charge is 0.506 e. The van der Waals surface area contributed by atoms with Crippen LogP contribution in [0.2, 0.25) is 0 Å². The Hall–Kier alpha value is -4.39. The molecule has 0 amide bonds. The SMILES string of the molecule is CCCOC(=O)c1ccc(N=Cc2c(O)c3cccc(Nc4ccccc4)c3oc2=O)cc1. The molecule has 0 aliphatic carbocycles. The predicted octanol–water partition coefficient (Wildman–Crippen LogP) is 5.56. The number of fused-ring (bicyclic) bond motifs is 1. The second-order valence-electron chi connectivity index (χ2n) is 7.27. The lowest BCUT2D eigenvalue weighted by Crippen LogP contribution is -2.08. The van der Waals surface area contributed by atoms with Crippen molar-refractivity contribution in [3.63, 3.8) is 0 Å². The fourth-order valence-electron chi connectivity index (χ4n) is 3.21. The molecule has 0 saturated heterocycles. The molecule has 0 aliphatic heterocycles. The highest BCUT2D eigenvalue weighted by Gasteiger charge is 2.15. The second-order valence-corrected chi connectivity index (χ2v) is 7.27. The summed E-state index contributed by atoms with van der Waals surface area (Å²) in [5.41, 5.74) is 1.75. The molecule has 166 valence electrons. The summed E-state index contributed by atoms with van der Waals surface area (Å²) in [6.07, 6.45) is 2.00. The number of aromatic hydroxyl groups is 1. The topological polar surface area (TPSA) is 101 Å². The van der Waals surface area contributed by atoms with Crippen LogP contribution in [0, 0.1) is 0 Å². The highest BCUT2D eigenvalue weighted by atomic mass is 16.5. The number of rotatable bonds is 7. The van der Waals surface area contributed by atoms with Crippen molar-refractivity contribution in [3.05, 3.63) is 94.3 Å². The molecule has 3 aromatic carbocycles. The number of nitrogens with zero attached hydrogens (tertiary/aromatic N) is 1. The lowest BCUT2D eigenvalue weighted by Gasteiger charge is -2.10. The number of esters is 1. The number of carbonyl (C=O) groups is 1. The zero-order valence-electron chi connectivity index (χ0n) is 17.9. The molecule has 0 spiro atoms. The Morgan fingerprint density at radius 2 is 1.82 bits per heavy atom.